The van der Waals surface area contributed by atoms with Gasteiger partial charge in [0.25, 0.3) is 17.7 Å². The molecule has 0 aromatic heterocycles. The lowest BCUT2D eigenvalue weighted by Gasteiger charge is -2.29. The smallest absolute Gasteiger partial charge is 0.349 e. The summed E-state index contributed by atoms with van der Waals surface area (Å²) in [6.45, 7) is 1.72. The van der Waals surface area contributed by atoms with Crippen molar-refractivity contribution in [2.75, 3.05) is 10.6 Å². The van der Waals surface area contributed by atoms with Gasteiger partial charge in [0.1, 0.15) is 10.7 Å². The summed E-state index contributed by atoms with van der Waals surface area (Å²) in [6, 6.07) is 8.92. The molecule has 0 bridgehead atoms. The van der Waals surface area contributed by atoms with Gasteiger partial charge in [-0.1, -0.05) is 49.1 Å². The van der Waals surface area contributed by atoms with Gasteiger partial charge in [0.05, 0.1) is 11.3 Å². The Hall–Kier alpha value is -3.33. The van der Waals surface area contributed by atoms with E-state index in [0.29, 0.717) is 11.3 Å². The van der Waals surface area contributed by atoms with E-state index in [2.05, 4.69) is 10.6 Å². The number of imide groups is 1. The highest BCUT2D eigenvalue weighted by molar-refractivity contribution is 6.48. The van der Waals surface area contributed by atoms with Crippen LogP contribution in [0.1, 0.15) is 53.6 Å². The number of aryl methyl sites for hydroxylation is 1. The predicted octanol–water partition coefficient (Wildman–Crippen LogP) is 5.83. The van der Waals surface area contributed by atoms with Crippen molar-refractivity contribution in [2.45, 2.75) is 51.2 Å². The van der Waals surface area contributed by atoms with Crippen molar-refractivity contribution in [1.29, 1.82) is 0 Å². The molecule has 1 aliphatic carbocycles. The van der Waals surface area contributed by atoms with Crippen LogP contribution in [0.4, 0.5) is 24.5 Å². The molecule has 0 atom stereocenters. The van der Waals surface area contributed by atoms with Gasteiger partial charge in [-0.2, -0.15) is 13.2 Å². The standard InChI is InChI=1S/C25H23ClF3N3O3/c1-14-11-12-15(22(33)31-18-10-6-5-9-17(18)25(27,28)29)13-19(14)30-21-20(26)23(34)32(24(21)35)16-7-3-2-4-8-16/h5-6,9-13,16,30H,2-4,7-8H2,1H3,(H,31,33). The molecule has 0 unspecified atom stereocenters. The van der Waals surface area contributed by atoms with Crippen molar-refractivity contribution < 1.29 is 27.6 Å². The highest BCUT2D eigenvalue weighted by Gasteiger charge is 2.42. The van der Waals surface area contributed by atoms with E-state index >= 15 is 0 Å². The van der Waals surface area contributed by atoms with Crippen LogP contribution in [0.3, 0.4) is 0 Å². The maximum absolute atomic E-state index is 13.3. The summed E-state index contributed by atoms with van der Waals surface area (Å²) < 4.78 is 39.8. The molecule has 3 amide bonds. The molecule has 0 saturated heterocycles. The fraction of sp³-hybridized carbons (Fsp3) is 0.320. The van der Waals surface area contributed by atoms with Gasteiger partial charge in [0, 0.05) is 17.3 Å². The molecule has 1 fully saturated rings. The van der Waals surface area contributed by atoms with E-state index in [4.69, 9.17) is 11.6 Å². The first-order valence-corrected chi connectivity index (χ1v) is 11.6. The average molecular weight is 506 g/mol. The summed E-state index contributed by atoms with van der Waals surface area (Å²) in [6.07, 6.45) is -0.273. The summed E-state index contributed by atoms with van der Waals surface area (Å²) >= 11 is 6.23. The zero-order valence-electron chi connectivity index (χ0n) is 18.8. The number of anilines is 2. The Balaban J connectivity index is 1.56. The number of nitrogens with one attached hydrogen (secondary N) is 2. The molecule has 4 rings (SSSR count). The molecule has 0 spiro atoms. The van der Waals surface area contributed by atoms with Gasteiger partial charge in [-0.25, -0.2) is 0 Å². The van der Waals surface area contributed by atoms with Gasteiger partial charge in [0.15, 0.2) is 0 Å². The van der Waals surface area contributed by atoms with Crippen LogP contribution in [0, 0.1) is 6.92 Å². The van der Waals surface area contributed by atoms with Crippen LogP contribution < -0.4 is 10.6 Å². The molecule has 1 saturated carbocycles. The second-order valence-electron chi connectivity index (χ2n) is 8.61. The van der Waals surface area contributed by atoms with Crippen molar-refractivity contribution in [3.05, 3.63) is 69.9 Å². The molecule has 10 heteroatoms. The van der Waals surface area contributed by atoms with E-state index in [1.165, 1.54) is 35.2 Å². The Bertz CT molecular complexity index is 1220. The van der Waals surface area contributed by atoms with Crippen molar-refractivity contribution in [3.8, 4) is 0 Å². The second kappa shape index (κ2) is 9.73. The highest BCUT2D eigenvalue weighted by Crippen LogP contribution is 2.35. The maximum Gasteiger partial charge on any atom is 0.418 e. The van der Waals surface area contributed by atoms with Crippen molar-refractivity contribution in [2.24, 2.45) is 0 Å². The number of hydrogen-bond acceptors (Lipinski definition) is 4. The average Bonchev–Trinajstić information content (AvgIpc) is 3.03. The van der Waals surface area contributed by atoms with Gasteiger partial charge in [-0.05, 0) is 49.6 Å². The Morgan fingerprint density at radius 3 is 2.37 bits per heavy atom. The fourth-order valence-corrected chi connectivity index (χ4v) is 4.58. The van der Waals surface area contributed by atoms with Gasteiger partial charge in [-0.3, -0.25) is 19.3 Å². The van der Waals surface area contributed by atoms with Gasteiger partial charge in [-0.15, -0.1) is 0 Å². The topological polar surface area (TPSA) is 78.5 Å². The number of amides is 3. The Kier molecular flexibility index (Phi) is 6.89. The molecule has 1 heterocycles. The van der Waals surface area contributed by atoms with Crippen LogP contribution in [0.2, 0.25) is 0 Å². The van der Waals surface area contributed by atoms with Crippen molar-refractivity contribution in [1.82, 2.24) is 4.90 Å². The number of benzene rings is 2. The number of rotatable bonds is 5. The quantitative estimate of drug-likeness (QED) is 0.501. The monoisotopic (exact) mass is 505 g/mol. The number of carbonyl (C=O) groups excluding carboxylic acids is 3. The predicted molar refractivity (Wildman–Crippen MR) is 126 cm³/mol. The van der Waals surface area contributed by atoms with E-state index in [1.54, 1.807) is 13.0 Å². The fourth-order valence-electron chi connectivity index (χ4n) is 4.36. The summed E-state index contributed by atoms with van der Waals surface area (Å²) in [4.78, 5) is 39.7. The third-order valence-corrected chi connectivity index (χ3v) is 6.59. The summed E-state index contributed by atoms with van der Waals surface area (Å²) in [5, 5.41) is 4.95. The number of hydrogen-bond donors (Lipinski definition) is 2. The van der Waals surface area contributed by atoms with E-state index in [-0.39, 0.29) is 28.0 Å². The first kappa shape index (κ1) is 24.8. The lowest BCUT2D eigenvalue weighted by atomic mass is 9.94. The zero-order valence-corrected chi connectivity index (χ0v) is 19.6. The van der Waals surface area contributed by atoms with Crippen LogP contribution in [0.25, 0.3) is 0 Å². The van der Waals surface area contributed by atoms with Crippen molar-refractivity contribution >= 4 is 40.7 Å². The van der Waals surface area contributed by atoms with E-state index in [1.807, 2.05) is 0 Å². The number of carbonyl (C=O) groups is 3. The SMILES string of the molecule is Cc1ccc(C(=O)Nc2ccccc2C(F)(F)F)cc1NC1=C(Cl)C(=O)N(C2CCCCC2)C1=O. The number of alkyl halides is 3. The maximum atomic E-state index is 13.3. The summed E-state index contributed by atoms with van der Waals surface area (Å²) in [5.41, 5.74) is -0.371. The van der Waals surface area contributed by atoms with Crippen LogP contribution in [0.5, 0.6) is 0 Å². The molecule has 184 valence electrons. The minimum absolute atomic E-state index is 0.0627. The second-order valence-corrected chi connectivity index (χ2v) is 8.99. The molecule has 35 heavy (non-hydrogen) atoms. The summed E-state index contributed by atoms with van der Waals surface area (Å²) in [5.74, 6) is -1.84. The normalized spacial score (nSPS) is 17.2. The first-order valence-electron chi connectivity index (χ1n) is 11.2. The summed E-state index contributed by atoms with van der Waals surface area (Å²) in [7, 11) is 0. The van der Waals surface area contributed by atoms with Gasteiger partial charge < -0.3 is 10.6 Å². The third-order valence-electron chi connectivity index (χ3n) is 6.24. The largest absolute Gasteiger partial charge is 0.418 e. The number of para-hydroxylation sites is 1. The molecular weight excluding hydrogens is 483 g/mol. The molecule has 2 aromatic carbocycles. The first-order chi connectivity index (χ1) is 16.6. The van der Waals surface area contributed by atoms with Gasteiger partial charge in [0.2, 0.25) is 0 Å². The molecule has 1 aliphatic heterocycles. The van der Waals surface area contributed by atoms with Gasteiger partial charge >= 0.3 is 6.18 Å². The lowest BCUT2D eigenvalue weighted by molar-refractivity contribution is -0.141. The Morgan fingerprint density at radius 1 is 1.00 bits per heavy atom. The minimum atomic E-state index is -4.63. The van der Waals surface area contributed by atoms with E-state index < -0.39 is 29.5 Å². The zero-order chi connectivity index (χ0) is 25.3. The molecular formula is C25H23ClF3N3O3. The van der Waals surface area contributed by atoms with Crippen LogP contribution in [0.15, 0.2) is 53.2 Å². The Morgan fingerprint density at radius 2 is 1.69 bits per heavy atom. The lowest BCUT2D eigenvalue weighted by Crippen LogP contribution is -2.42. The highest BCUT2D eigenvalue weighted by atomic mass is 35.5. The minimum Gasteiger partial charge on any atom is -0.349 e. The molecule has 2 aromatic rings. The van der Waals surface area contributed by atoms with E-state index in [0.717, 1.165) is 38.2 Å². The van der Waals surface area contributed by atoms with Crippen LogP contribution in [-0.4, -0.2) is 28.7 Å². The molecule has 2 aliphatic rings. The third kappa shape index (κ3) is 5.05. The molecule has 2 N–H and O–H groups in total. The number of nitrogens with zero attached hydrogens (tertiary/aromatic N) is 1. The Labute approximate surface area is 205 Å². The van der Waals surface area contributed by atoms with E-state index in [9.17, 15) is 27.6 Å². The number of halogens is 4. The van der Waals surface area contributed by atoms with Crippen LogP contribution >= 0.6 is 11.6 Å². The van der Waals surface area contributed by atoms with Crippen LogP contribution in [-0.2, 0) is 15.8 Å². The molecule has 6 nitrogen and oxygen atoms in total. The molecule has 0 radical (unpaired) electrons. The van der Waals surface area contributed by atoms with Crippen molar-refractivity contribution in [3.63, 3.8) is 0 Å².